The second kappa shape index (κ2) is 6.89. The van der Waals surface area contributed by atoms with Gasteiger partial charge in [0.2, 0.25) is 5.91 Å². The van der Waals surface area contributed by atoms with E-state index in [-0.39, 0.29) is 23.5 Å². The van der Waals surface area contributed by atoms with Gasteiger partial charge in [0, 0.05) is 25.2 Å². The molecule has 9 nitrogen and oxygen atoms in total. The van der Waals surface area contributed by atoms with E-state index in [9.17, 15) is 19.7 Å². The van der Waals surface area contributed by atoms with Crippen LogP contribution in [0.15, 0.2) is 48.5 Å². The summed E-state index contributed by atoms with van der Waals surface area (Å²) in [5.74, 6) is -0.342. The van der Waals surface area contributed by atoms with Crippen LogP contribution in [0.2, 0.25) is 0 Å². The number of nitro groups is 1. The summed E-state index contributed by atoms with van der Waals surface area (Å²) in [4.78, 5) is 38.4. The van der Waals surface area contributed by atoms with Crippen LogP contribution in [0.3, 0.4) is 0 Å². The maximum absolute atomic E-state index is 13.4. The number of methoxy groups -OCH3 is 1. The number of benzene rings is 2. The molecule has 0 bridgehead atoms. The van der Waals surface area contributed by atoms with E-state index in [1.165, 1.54) is 29.2 Å². The van der Waals surface area contributed by atoms with Crippen molar-refractivity contribution in [2.24, 2.45) is 5.92 Å². The Labute approximate surface area is 172 Å². The predicted octanol–water partition coefficient (Wildman–Crippen LogP) is 2.14. The van der Waals surface area contributed by atoms with E-state index in [4.69, 9.17) is 4.74 Å². The topological polar surface area (TPSA) is 96.2 Å². The Balaban J connectivity index is 1.52. The van der Waals surface area contributed by atoms with Gasteiger partial charge in [-0.2, -0.15) is 0 Å². The lowest BCUT2D eigenvalue weighted by Gasteiger charge is -2.29. The van der Waals surface area contributed by atoms with E-state index in [0.717, 1.165) is 30.8 Å². The zero-order valence-corrected chi connectivity index (χ0v) is 16.3. The Morgan fingerprint density at radius 2 is 1.57 bits per heavy atom. The van der Waals surface area contributed by atoms with E-state index in [2.05, 4.69) is 5.01 Å². The number of hydrogen-bond acceptors (Lipinski definition) is 7. The van der Waals surface area contributed by atoms with Gasteiger partial charge < -0.3 is 4.74 Å². The van der Waals surface area contributed by atoms with E-state index >= 15 is 0 Å². The van der Waals surface area contributed by atoms with Crippen LogP contribution in [0.4, 0.5) is 11.4 Å². The van der Waals surface area contributed by atoms with Gasteiger partial charge in [-0.3, -0.25) is 19.7 Å². The summed E-state index contributed by atoms with van der Waals surface area (Å²) >= 11 is 0. The smallest absolute Gasteiger partial charge is 0.269 e. The normalized spacial score (nSPS) is 26.2. The summed E-state index contributed by atoms with van der Waals surface area (Å²) in [5, 5.41) is 15.1. The molecule has 5 rings (SSSR count). The molecule has 0 saturated carbocycles. The first-order chi connectivity index (χ1) is 14.5. The lowest BCUT2D eigenvalue weighted by atomic mass is 9.90. The van der Waals surface area contributed by atoms with Crippen molar-refractivity contribution < 1.29 is 19.2 Å². The van der Waals surface area contributed by atoms with Crippen LogP contribution in [0.1, 0.15) is 18.0 Å². The summed E-state index contributed by atoms with van der Waals surface area (Å²) < 4.78 is 5.24. The zero-order chi connectivity index (χ0) is 21.0. The molecule has 0 aromatic heterocycles. The van der Waals surface area contributed by atoms with Crippen LogP contribution in [0.25, 0.3) is 0 Å². The number of nitrogens with zero attached hydrogens (tertiary/aromatic N) is 4. The molecule has 2 amide bonds. The molecule has 2 aromatic carbocycles. The first-order valence-electron chi connectivity index (χ1n) is 9.80. The summed E-state index contributed by atoms with van der Waals surface area (Å²) in [5.41, 5.74) is 1.24. The molecule has 0 radical (unpaired) electrons. The third-order valence-electron chi connectivity index (χ3n) is 6.18. The number of carbonyl (C=O) groups excluding carboxylic acids is 2. The molecule has 0 aliphatic carbocycles. The second-order valence-corrected chi connectivity index (χ2v) is 7.65. The quantitative estimate of drug-likeness (QED) is 0.434. The van der Waals surface area contributed by atoms with E-state index in [1.54, 1.807) is 7.11 Å². The van der Waals surface area contributed by atoms with E-state index in [1.807, 2.05) is 29.3 Å². The third-order valence-corrected chi connectivity index (χ3v) is 6.18. The number of carbonyl (C=O) groups is 2. The van der Waals surface area contributed by atoms with Gasteiger partial charge in [0.05, 0.1) is 29.7 Å². The van der Waals surface area contributed by atoms with Crippen molar-refractivity contribution in [3.63, 3.8) is 0 Å². The summed E-state index contributed by atoms with van der Waals surface area (Å²) in [6.45, 7) is 1.52. The fourth-order valence-corrected chi connectivity index (χ4v) is 4.89. The minimum Gasteiger partial charge on any atom is -0.497 e. The van der Waals surface area contributed by atoms with Crippen molar-refractivity contribution >= 4 is 23.2 Å². The molecule has 9 heteroatoms. The first-order valence-corrected chi connectivity index (χ1v) is 9.80. The SMILES string of the molecule is COc1ccc([C@H]2[C@@H]3C(=O)N(c4ccc([N+](=O)[O-])cc4)C(=O)[C@H]3N3CCCN23)cc1. The molecule has 3 atom stereocenters. The molecule has 154 valence electrons. The molecule has 3 fully saturated rings. The highest BCUT2D eigenvalue weighted by Gasteiger charge is 2.62. The number of fused-ring (bicyclic) bond motifs is 3. The van der Waals surface area contributed by atoms with Crippen LogP contribution in [0, 0.1) is 16.0 Å². The number of imide groups is 1. The van der Waals surface area contributed by atoms with Gasteiger partial charge in [-0.1, -0.05) is 12.1 Å². The Kier molecular flexibility index (Phi) is 4.30. The zero-order valence-electron chi connectivity index (χ0n) is 16.3. The maximum Gasteiger partial charge on any atom is 0.269 e. The fourth-order valence-electron chi connectivity index (χ4n) is 4.89. The van der Waals surface area contributed by atoms with Crippen molar-refractivity contribution in [2.45, 2.75) is 18.5 Å². The number of hydrogen-bond donors (Lipinski definition) is 0. The van der Waals surface area contributed by atoms with Crippen molar-refractivity contribution in [3.05, 3.63) is 64.2 Å². The standard InChI is InChI=1S/C21H20N4O5/c1-30-16-9-3-13(4-10-16)18-17-19(23-12-2-11-22(18)23)21(27)24(20(17)26)14-5-7-15(8-6-14)25(28)29/h3-10,17-19H,2,11-12H2,1H3/t17-,18-,19-/m0/s1. The second-order valence-electron chi connectivity index (χ2n) is 7.65. The van der Waals surface area contributed by atoms with Crippen molar-refractivity contribution in [1.82, 2.24) is 10.0 Å². The molecule has 30 heavy (non-hydrogen) atoms. The molecular weight excluding hydrogens is 388 g/mol. The molecule has 3 saturated heterocycles. The van der Waals surface area contributed by atoms with Gasteiger partial charge in [0.15, 0.2) is 0 Å². The van der Waals surface area contributed by atoms with Crippen LogP contribution >= 0.6 is 0 Å². The van der Waals surface area contributed by atoms with Gasteiger partial charge in [-0.15, -0.1) is 0 Å². The van der Waals surface area contributed by atoms with Crippen molar-refractivity contribution in [3.8, 4) is 5.75 Å². The van der Waals surface area contributed by atoms with Gasteiger partial charge in [0.25, 0.3) is 11.6 Å². The van der Waals surface area contributed by atoms with Gasteiger partial charge in [-0.05, 0) is 36.2 Å². The van der Waals surface area contributed by atoms with Crippen LogP contribution in [0.5, 0.6) is 5.75 Å². The Hall–Kier alpha value is -3.30. The van der Waals surface area contributed by atoms with Crippen molar-refractivity contribution in [1.29, 1.82) is 0 Å². The number of ether oxygens (including phenoxy) is 1. The van der Waals surface area contributed by atoms with Crippen LogP contribution in [-0.2, 0) is 9.59 Å². The largest absolute Gasteiger partial charge is 0.497 e. The maximum atomic E-state index is 13.4. The molecular formula is C21H20N4O5. The highest BCUT2D eigenvalue weighted by molar-refractivity contribution is 6.24. The third kappa shape index (κ3) is 2.62. The van der Waals surface area contributed by atoms with E-state index in [0.29, 0.717) is 5.69 Å². The number of anilines is 1. The molecule has 3 aliphatic rings. The minimum atomic E-state index is -0.553. The number of amides is 2. The van der Waals surface area contributed by atoms with Crippen LogP contribution in [-0.4, -0.2) is 53.0 Å². The van der Waals surface area contributed by atoms with Gasteiger partial charge in [-0.25, -0.2) is 14.9 Å². The highest BCUT2D eigenvalue weighted by Crippen LogP contribution is 2.49. The Bertz CT molecular complexity index is 1020. The number of hydrazine groups is 1. The average molecular weight is 408 g/mol. The van der Waals surface area contributed by atoms with Gasteiger partial charge in [0.1, 0.15) is 11.8 Å². The summed E-state index contributed by atoms with van der Waals surface area (Å²) in [6, 6.07) is 12.4. The predicted molar refractivity (Wildman–Crippen MR) is 107 cm³/mol. The van der Waals surface area contributed by atoms with E-state index < -0.39 is 16.9 Å². The number of nitro benzene ring substituents is 1. The fraction of sp³-hybridized carbons (Fsp3) is 0.333. The Morgan fingerprint density at radius 3 is 2.17 bits per heavy atom. The number of rotatable bonds is 4. The average Bonchev–Trinajstić information content (AvgIpc) is 3.40. The number of non-ortho nitro benzene ring substituents is 1. The van der Waals surface area contributed by atoms with Crippen molar-refractivity contribution in [2.75, 3.05) is 25.1 Å². The molecule has 0 N–H and O–H groups in total. The minimum absolute atomic E-state index is 0.0835. The summed E-state index contributed by atoms with van der Waals surface area (Å²) in [6.07, 6.45) is 0.925. The molecule has 3 heterocycles. The first kappa shape index (κ1) is 18.7. The van der Waals surface area contributed by atoms with Gasteiger partial charge >= 0.3 is 0 Å². The lowest BCUT2D eigenvalue weighted by molar-refractivity contribution is -0.384. The highest BCUT2D eigenvalue weighted by atomic mass is 16.6. The molecule has 0 unspecified atom stereocenters. The molecule has 3 aliphatic heterocycles. The molecule has 2 aromatic rings. The monoisotopic (exact) mass is 408 g/mol. The van der Waals surface area contributed by atoms with Crippen LogP contribution < -0.4 is 9.64 Å². The summed E-state index contributed by atoms with van der Waals surface area (Å²) in [7, 11) is 1.60. The Morgan fingerprint density at radius 1 is 0.933 bits per heavy atom. The molecule has 0 spiro atoms. The lowest BCUT2D eigenvalue weighted by Crippen LogP contribution is -2.44.